The number of sulfonamides is 1. The Morgan fingerprint density at radius 2 is 1.75 bits per heavy atom. The van der Waals surface area contributed by atoms with Gasteiger partial charge in [0.2, 0.25) is 10.0 Å². The number of benzene rings is 1. The summed E-state index contributed by atoms with van der Waals surface area (Å²) in [6, 6.07) is 6.71. The molecule has 0 bridgehead atoms. The summed E-state index contributed by atoms with van der Waals surface area (Å²) in [5.74, 6) is 5.20. The van der Waals surface area contributed by atoms with E-state index in [0.717, 1.165) is 6.26 Å². The molecule has 0 saturated carbocycles. The van der Waals surface area contributed by atoms with Crippen molar-refractivity contribution in [2.45, 2.75) is 6.54 Å². The molecule has 0 atom stereocenters. The van der Waals surface area contributed by atoms with E-state index in [0.29, 0.717) is 11.1 Å². The van der Waals surface area contributed by atoms with Crippen molar-refractivity contribution in [3.8, 4) is 11.8 Å². The lowest BCUT2D eigenvalue weighted by Gasteiger charge is -2.05. The van der Waals surface area contributed by atoms with Gasteiger partial charge < -0.3 is 5.11 Å². The molecular weight excluding hydrogens is 302 g/mol. The summed E-state index contributed by atoms with van der Waals surface area (Å²) in [5, 5.41) is 7.62. The highest BCUT2D eigenvalue weighted by atomic mass is 32.3. The maximum Gasteiger partial charge on any atom is 0.226 e. The molecule has 0 aromatic heterocycles. The van der Waals surface area contributed by atoms with Crippen LogP contribution in [0.3, 0.4) is 0 Å². The second kappa shape index (κ2) is 6.85. The van der Waals surface area contributed by atoms with Gasteiger partial charge in [0, 0.05) is 18.4 Å². The van der Waals surface area contributed by atoms with Crippen molar-refractivity contribution < 1.29 is 21.9 Å². The molecule has 0 aliphatic carbocycles. The fourth-order valence-corrected chi connectivity index (χ4v) is 4.34. The molecular formula is C12H15NO5S2. The largest absolute Gasteiger partial charge is 0.384 e. The summed E-state index contributed by atoms with van der Waals surface area (Å²) < 4.78 is 47.1. The summed E-state index contributed by atoms with van der Waals surface area (Å²) in [5.41, 5.74) is 1.37. The predicted molar refractivity (Wildman–Crippen MR) is 75.9 cm³/mol. The van der Waals surface area contributed by atoms with Crippen LogP contribution in [-0.2, 0) is 26.4 Å². The molecule has 0 heterocycles. The van der Waals surface area contributed by atoms with E-state index in [1.54, 1.807) is 24.3 Å². The highest BCUT2D eigenvalue weighted by Gasteiger charge is 2.17. The molecule has 0 aliphatic rings. The van der Waals surface area contributed by atoms with Crippen molar-refractivity contribution in [2.75, 3.05) is 17.9 Å². The Labute approximate surface area is 118 Å². The molecule has 1 aromatic carbocycles. The summed E-state index contributed by atoms with van der Waals surface area (Å²) >= 11 is 0. The first kappa shape index (κ1) is 16.7. The number of sulfone groups is 1. The van der Waals surface area contributed by atoms with Crippen LogP contribution in [0, 0.1) is 11.8 Å². The van der Waals surface area contributed by atoms with Gasteiger partial charge in [0.1, 0.15) is 6.61 Å². The van der Waals surface area contributed by atoms with Crippen LogP contribution in [0.4, 0.5) is 0 Å². The normalized spacial score (nSPS) is 11.7. The Morgan fingerprint density at radius 3 is 2.25 bits per heavy atom. The SMILES string of the molecule is CS(=O)(=O)CS(=O)(=O)NCc1ccc(C#CCO)cc1. The van der Waals surface area contributed by atoms with Crippen molar-refractivity contribution in [1.82, 2.24) is 4.72 Å². The van der Waals surface area contributed by atoms with E-state index in [4.69, 9.17) is 5.11 Å². The van der Waals surface area contributed by atoms with Gasteiger partial charge in [-0.1, -0.05) is 24.0 Å². The minimum atomic E-state index is -3.86. The Kier molecular flexibility index (Phi) is 5.71. The van der Waals surface area contributed by atoms with Crippen LogP contribution in [0.5, 0.6) is 0 Å². The predicted octanol–water partition coefficient (Wildman–Crippen LogP) is -0.548. The third-order valence-corrected chi connectivity index (χ3v) is 5.67. The van der Waals surface area contributed by atoms with Crippen LogP contribution < -0.4 is 4.72 Å². The standard InChI is InChI=1S/C12H15NO5S2/c1-19(15,16)10-20(17,18)13-9-12-6-4-11(5-7-12)3-2-8-14/h4-7,13-14H,8-10H2,1H3. The molecule has 1 aromatic rings. The minimum Gasteiger partial charge on any atom is -0.384 e. The van der Waals surface area contributed by atoms with Crippen LogP contribution in [0.15, 0.2) is 24.3 Å². The van der Waals surface area contributed by atoms with Crippen molar-refractivity contribution in [3.05, 3.63) is 35.4 Å². The van der Waals surface area contributed by atoms with Crippen LogP contribution in [0.25, 0.3) is 0 Å². The highest BCUT2D eigenvalue weighted by molar-refractivity contribution is 8.06. The second-order valence-corrected chi connectivity index (χ2v) is 8.45. The molecule has 1 rings (SSSR count). The molecule has 0 aliphatic heterocycles. The zero-order chi connectivity index (χ0) is 15.2. The Morgan fingerprint density at radius 1 is 1.15 bits per heavy atom. The van der Waals surface area contributed by atoms with Crippen LogP contribution >= 0.6 is 0 Å². The van der Waals surface area contributed by atoms with Crippen LogP contribution in [0.1, 0.15) is 11.1 Å². The van der Waals surface area contributed by atoms with Gasteiger partial charge in [-0.3, -0.25) is 0 Å². The van der Waals surface area contributed by atoms with E-state index < -0.39 is 24.9 Å². The van der Waals surface area contributed by atoms with Crippen molar-refractivity contribution in [3.63, 3.8) is 0 Å². The van der Waals surface area contributed by atoms with Gasteiger partial charge in [0.25, 0.3) is 0 Å². The molecule has 6 nitrogen and oxygen atoms in total. The average molecular weight is 317 g/mol. The molecule has 8 heteroatoms. The first-order valence-electron chi connectivity index (χ1n) is 5.55. The molecule has 20 heavy (non-hydrogen) atoms. The van der Waals surface area contributed by atoms with Gasteiger partial charge >= 0.3 is 0 Å². The zero-order valence-corrected chi connectivity index (χ0v) is 12.5. The molecule has 0 unspecified atom stereocenters. The van der Waals surface area contributed by atoms with Crippen LogP contribution in [-0.4, -0.2) is 39.9 Å². The fraction of sp³-hybridized carbons (Fsp3) is 0.333. The monoisotopic (exact) mass is 317 g/mol. The van der Waals surface area contributed by atoms with E-state index >= 15 is 0 Å². The smallest absolute Gasteiger partial charge is 0.226 e. The third kappa shape index (κ3) is 6.68. The summed E-state index contributed by atoms with van der Waals surface area (Å²) in [7, 11) is -7.46. The average Bonchev–Trinajstić information content (AvgIpc) is 2.32. The number of nitrogens with one attached hydrogen (secondary N) is 1. The molecule has 110 valence electrons. The topological polar surface area (TPSA) is 101 Å². The summed E-state index contributed by atoms with van der Waals surface area (Å²) in [4.78, 5) is 0. The van der Waals surface area contributed by atoms with E-state index in [-0.39, 0.29) is 13.2 Å². The van der Waals surface area contributed by atoms with Crippen molar-refractivity contribution >= 4 is 19.9 Å². The van der Waals surface area contributed by atoms with Gasteiger partial charge in [-0.15, -0.1) is 0 Å². The second-order valence-electron chi connectivity index (χ2n) is 4.14. The molecule has 0 saturated heterocycles. The molecule has 0 fully saturated rings. The summed E-state index contributed by atoms with van der Waals surface area (Å²) in [6.07, 6.45) is 0.862. The van der Waals surface area contributed by atoms with Gasteiger partial charge in [0.15, 0.2) is 14.9 Å². The lowest BCUT2D eigenvalue weighted by atomic mass is 10.1. The first-order valence-corrected chi connectivity index (χ1v) is 9.27. The minimum absolute atomic E-state index is 0.00552. The van der Waals surface area contributed by atoms with Gasteiger partial charge in [0.05, 0.1) is 0 Å². The number of aliphatic hydroxyl groups excluding tert-OH is 1. The van der Waals surface area contributed by atoms with E-state index in [9.17, 15) is 16.8 Å². The Bertz CT molecular complexity index is 709. The first-order chi connectivity index (χ1) is 9.22. The highest BCUT2D eigenvalue weighted by Crippen LogP contribution is 2.04. The lowest BCUT2D eigenvalue weighted by molar-refractivity contribution is 0.350. The quantitative estimate of drug-likeness (QED) is 0.710. The lowest BCUT2D eigenvalue weighted by Crippen LogP contribution is -2.29. The third-order valence-electron chi connectivity index (χ3n) is 2.13. The van der Waals surface area contributed by atoms with E-state index in [2.05, 4.69) is 16.6 Å². The molecule has 0 radical (unpaired) electrons. The Balaban J connectivity index is 2.67. The Hall–Kier alpha value is -1.40. The number of hydrogen-bond acceptors (Lipinski definition) is 5. The van der Waals surface area contributed by atoms with Gasteiger partial charge in [-0.25, -0.2) is 21.6 Å². The fourth-order valence-electron chi connectivity index (χ4n) is 1.36. The maximum absolute atomic E-state index is 11.5. The van der Waals surface area contributed by atoms with Gasteiger partial charge in [-0.05, 0) is 17.7 Å². The number of rotatable bonds is 5. The van der Waals surface area contributed by atoms with Crippen molar-refractivity contribution in [1.29, 1.82) is 0 Å². The van der Waals surface area contributed by atoms with Gasteiger partial charge in [-0.2, -0.15) is 0 Å². The zero-order valence-electron chi connectivity index (χ0n) is 10.8. The molecule has 0 spiro atoms. The number of aliphatic hydroxyl groups is 1. The van der Waals surface area contributed by atoms with E-state index in [1.807, 2.05) is 0 Å². The van der Waals surface area contributed by atoms with Crippen molar-refractivity contribution in [2.24, 2.45) is 0 Å². The van der Waals surface area contributed by atoms with Crippen LogP contribution in [0.2, 0.25) is 0 Å². The van der Waals surface area contributed by atoms with E-state index in [1.165, 1.54) is 0 Å². The summed E-state index contributed by atoms with van der Waals surface area (Å²) in [6.45, 7) is -0.224. The maximum atomic E-state index is 11.5. The number of hydrogen-bond donors (Lipinski definition) is 2. The molecule has 2 N–H and O–H groups in total. The molecule has 0 amide bonds.